The van der Waals surface area contributed by atoms with Gasteiger partial charge in [0.05, 0.1) is 17.6 Å². The smallest absolute Gasteiger partial charge is 0.265 e. The number of nitrogens with zero attached hydrogens (tertiary/aromatic N) is 3. The van der Waals surface area contributed by atoms with Crippen molar-refractivity contribution in [3.63, 3.8) is 0 Å². The van der Waals surface area contributed by atoms with Crippen LogP contribution < -0.4 is 10.0 Å². The topological polar surface area (TPSA) is 89.2 Å². The van der Waals surface area contributed by atoms with Crippen LogP contribution in [0.25, 0.3) is 0 Å². The molecule has 0 amide bonds. The van der Waals surface area contributed by atoms with Crippen molar-refractivity contribution in [1.29, 1.82) is 0 Å². The summed E-state index contributed by atoms with van der Waals surface area (Å²) in [7, 11) is -2.15. The fraction of sp³-hybridized carbons (Fsp3) is 0.167. The molecule has 6 nitrogen and oxygen atoms in total. The van der Waals surface area contributed by atoms with E-state index in [9.17, 15) is 8.42 Å². The molecule has 0 atom stereocenters. The summed E-state index contributed by atoms with van der Waals surface area (Å²) in [5, 5.41) is 0. The number of hydrogen-bond donors (Lipinski definition) is 1. The van der Waals surface area contributed by atoms with E-state index in [1.807, 2.05) is 0 Å². The van der Waals surface area contributed by atoms with Crippen molar-refractivity contribution in [3.8, 4) is 0 Å². The average Bonchev–Trinajstić information content (AvgIpc) is 2.47. The third-order valence-corrected chi connectivity index (χ3v) is 4.44. The van der Waals surface area contributed by atoms with Crippen LogP contribution in [0.2, 0.25) is 0 Å². The summed E-state index contributed by atoms with van der Waals surface area (Å²) in [4.78, 5) is 8.02. The molecule has 19 heavy (non-hydrogen) atoms. The number of rotatable bonds is 4. The van der Waals surface area contributed by atoms with E-state index in [2.05, 4.69) is 9.97 Å². The second-order valence-electron chi connectivity index (χ2n) is 3.87. The maximum Gasteiger partial charge on any atom is 0.265 e. The van der Waals surface area contributed by atoms with Gasteiger partial charge in [0.1, 0.15) is 4.90 Å². The predicted octanol–water partition coefficient (Wildman–Crippen LogP) is 0.760. The van der Waals surface area contributed by atoms with Gasteiger partial charge >= 0.3 is 0 Å². The van der Waals surface area contributed by atoms with Gasteiger partial charge in [-0.25, -0.2) is 8.42 Å². The number of pyridine rings is 2. The maximum absolute atomic E-state index is 12.4. The number of anilines is 1. The first kappa shape index (κ1) is 13.4. The van der Waals surface area contributed by atoms with Gasteiger partial charge in [-0.1, -0.05) is 0 Å². The molecule has 2 aromatic rings. The Hall–Kier alpha value is -1.99. The zero-order valence-corrected chi connectivity index (χ0v) is 11.2. The highest BCUT2D eigenvalue weighted by atomic mass is 32.2. The van der Waals surface area contributed by atoms with Crippen molar-refractivity contribution >= 4 is 15.7 Å². The molecule has 0 aromatic carbocycles. The molecule has 2 N–H and O–H groups in total. The summed E-state index contributed by atoms with van der Waals surface area (Å²) in [5.74, 6) is 0. The molecule has 0 bridgehead atoms. The lowest BCUT2D eigenvalue weighted by atomic mass is 10.4. The SMILES string of the molecule is CN(c1cccnc1)S(=O)(=O)c1ccc(CN)nc1. The average molecular weight is 278 g/mol. The van der Waals surface area contributed by atoms with Crippen molar-refractivity contribution in [1.82, 2.24) is 9.97 Å². The van der Waals surface area contributed by atoms with Crippen LogP contribution in [0, 0.1) is 0 Å². The van der Waals surface area contributed by atoms with Crippen LogP contribution in [0.1, 0.15) is 5.69 Å². The van der Waals surface area contributed by atoms with Crippen LogP contribution in [-0.4, -0.2) is 25.4 Å². The van der Waals surface area contributed by atoms with E-state index in [-0.39, 0.29) is 11.4 Å². The summed E-state index contributed by atoms with van der Waals surface area (Å²) < 4.78 is 25.9. The second kappa shape index (κ2) is 5.33. The monoisotopic (exact) mass is 278 g/mol. The zero-order valence-electron chi connectivity index (χ0n) is 10.4. The molecule has 0 unspecified atom stereocenters. The number of nitrogens with two attached hydrogens (primary N) is 1. The fourth-order valence-corrected chi connectivity index (χ4v) is 2.65. The van der Waals surface area contributed by atoms with Crippen LogP contribution in [0.15, 0.2) is 47.8 Å². The molecule has 100 valence electrons. The molecule has 2 heterocycles. The molecule has 2 aromatic heterocycles. The summed E-state index contributed by atoms with van der Waals surface area (Å²) in [6.45, 7) is 0.277. The van der Waals surface area contributed by atoms with E-state index in [1.165, 1.54) is 29.8 Å². The van der Waals surface area contributed by atoms with Crippen LogP contribution in [-0.2, 0) is 16.6 Å². The van der Waals surface area contributed by atoms with Gasteiger partial charge in [0.25, 0.3) is 10.0 Å². The van der Waals surface area contributed by atoms with Crippen molar-refractivity contribution in [2.45, 2.75) is 11.4 Å². The molecule has 0 aliphatic heterocycles. The Morgan fingerprint density at radius 3 is 2.58 bits per heavy atom. The highest BCUT2D eigenvalue weighted by molar-refractivity contribution is 7.92. The van der Waals surface area contributed by atoms with Gasteiger partial charge < -0.3 is 5.73 Å². The first-order chi connectivity index (χ1) is 9.05. The van der Waals surface area contributed by atoms with Crippen molar-refractivity contribution in [2.24, 2.45) is 5.73 Å². The Labute approximate surface area is 112 Å². The van der Waals surface area contributed by atoms with Gasteiger partial charge in [0.2, 0.25) is 0 Å². The minimum absolute atomic E-state index is 0.121. The molecular weight excluding hydrogens is 264 g/mol. The van der Waals surface area contributed by atoms with Crippen LogP contribution in [0.4, 0.5) is 5.69 Å². The van der Waals surface area contributed by atoms with E-state index >= 15 is 0 Å². The van der Waals surface area contributed by atoms with Gasteiger partial charge in [-0.2, -0.15) is 0 Å². The summed E-state index contributed by atoms with van der Waals surface area (Å²) in [6, 6.07) is 6.45. The van der Waals surface area contributed by atoms with Crippen molar-refractivity contribution < 1.29 is 8.42 Å². The van der Waals surface area contributed by atoms with E-state index in [0.717, 1.165) is 0 Å². The van der Waals surface area contributed by atoms with E-state index in [0.29, 0.717) is 11.4 Å². The summed E-state index contributed by atoms with van der Waals surface area (Å²) >= 11 is 0. The van der Waals surface area contributed by atoms with E-state index in [1.54, 1.807) is 24.4 Å². The molecule has 0 radical (unpaired) electrons. The predicted molar refractivity (Wildman–Crippen MR) is 72.0 cm³/mol. The number of hydrogen-bond acceptors (Lipinski definition) is 5. The number of aromatic nitrogens is 2. The maximum atomic E-state index is 12.4. The Bertz CT molecular complexity index is 641. The Morgan fingerprint density at radius 1 is 1.26 bits per heavy atom. The van der Waals surface area contributed by atoms with Crippen molar-refractivity contribution in [3.05, 3.63) is 48.5 Å². The number of sulfonamides is 1. The van der Waals surface area contributed by atoms with Crippen LogP contribution >= 0.6 is 0 Å². The van der Waals surface area contributed by atoms with Gasteiger partial charge in [-0.05, 0) is 24.3 Å². The Kier molecular flexibility index (Phi) is 3.77. The lowest BCUT2D eigenvalue weighted by Gasteiger charge is -2.18. The van der Waals surface area contributed by atoms with Crippen LogP contribution in [0.3, 0.4) is 0 Å². The molecule has 0 saturated heterocycles. The van der Waals surface area contributed by atoms with E-state index < -0.39 is 10.0 Å². The standard InChI is InChI=1S/C12H14N4O2S/c1-16(11-3-2-6-14-8-11)19(17,18)12-5-4-10(7-13)15-9-12/h2-6,8-9H,7,13H2,1H3. The molecule has 0 aliphatic carbocycles. The first-order valence-electron chi connectivity index (χ1n) is 5.59. The van der Waals surface area contributed by atoms with Crippen molar-refractivity contribution in [2.75, 3.05) is 11.4 Å². The minimum Gasteiger partial charge on any atom is -0.325 e. The highest BCUT2D eigenvalue weighted by Crippen LogP contribution is 2.20. The molecule has 0 aliphatic rings. The zero-order chi connectivity index (χ0) is 13.9. The lowest BCUT2D eigenvalue weighted by Crippen LogP contribution is -2.26. The van der Waals surface area contributed by atoms with Gasteiger partial charge in [-0.3, -0.25) is 14.3 Å². The quantitative estimate of drug-likeness (QED) is 0.892. The lowest BCUT2D eigenvalue weighted by molar-refractivity contribution is 0.594. The normalized spacial score (nSPS) is 11.3. The largest absolute Gasteiger partial charge is 0.325 e. The Balaban J connectivity index is 2.36. The molecule has 0 saturated carbocycles. The molecule has 0 spiro atoms. The summed E-state index contributed by atoms with van der Waals surface area (Å²) in [5.41, 5.74) is 6.56. The third kappa shape index (κ3) is 2.72. The van der Waals surface area contributed by atoms with Gasteiger partial charge in [0.15, 0.2) is 0 Å². The second-order valence-corrected chi connectivity index (χ2v) is 5.84. The fourth-order valence-electron chi connectivity index (χ4n) is 1.52. The molecule has 7 heteroatoms. The van der Waals surface area contributed by atoms with E-state index in [4.69, 9.17) is 5.73 Å². The third-order valence-electron chi connectivity index (χ3n) is 2.67. The highest BCUT2D eigenvalue weighted by Gasteiger charge is 2.21. The molecule has 0 fully saturated rings. The molecule has 2 rings (SSSR count). The van der Waals surface area contributed by atoms with Gasteiger partial charge in [-0.15, -0.1) is 0 Å². The summed E-state index contributed by atoms with van der Waals surface area (Å²) in [6.07, 6.45) is 4.38. The first-order valence-corrected chi connectivity index (χ1v) is 7.03. The molecular formula is C12H14N4O2S. The Morgan fingerprint density at radius 2 is 2.05 bits per heavy atom. The minimum atomic E-state index is -3.63. The van der Waals surface area contributed by atoms with Crippen LogP contribution in [0.5, 0.6) is 0 Å². The van der Waals surface area contributed by atoms with Gasteiger partial charge in [0, 0.05) is 26.0 Å².